The molecule has 0 atom stereocenters. The molecule has 0 saturated carbocycles. The summed E-state index contributed by atoms with van der Waals surface area (Å²) in [4.78, 5) is 15.9. The Balaban J connectivity index is 1.93. The lowest BCUT2D eigenvalue weighted by Gasteiger charge is -2.37. The highest BCUT2D eigenvalue weighted by Crippen LogP contribution is 2.26. The van der Waals surface area contributed by atoms with E-state index in [9.17, 15) is 4.79 Å². The molecule has 1 aromatic carbocycles. The molecule has 110 valence electrons. The lowest BCUT2D eigenvalue weighted by molar-refractivity contribution is 0.0240. The van der Waals surface area contributed by atoms with Crippen LogP contribution in [0.3, 0.4) is 0 Å². The highest BCUT2D eigenvalue weighted by Gasteiger charge is 2.26. The van der Waals surface area contributed by atoms with Crippen LogP contribution in [0.15, 0.2) is 24.3 Å². The van der Waals surface area contributed by atoms with Gasteiger partial charge < -0.3 is 14.5 Å². The van der Waals surface area contributed by atoms with Crippen molar-refractivity contribution in [1.29, 1.82) is 0 Å². The predicted octanol–water partition coefficient (Wildman–Crippen LogP) is 3.40. The SMILES string of the molecule is CC(C)(C)OC(=O)N1CCN(c2ccccc2Cl)CC1. The van der Waals surface area contributed by atoms with Gasteiger partial charge in [-0.05, 0) is 32.9 Å². The van der Waals surface area contributed by atoms with Crippen molar-refractivity contribution in [2.24, 2.45) is 0 Å². The van der Waals surface area contributed by atoms with E-state index >= 15 is 0 Å². The van der Waals surface area contributed by atoms with E-state index in [2.05, 4.69) is 4.90 Å². The summed E-state index contributed by atoms with van der Waals surface area (Å²) in [6, 6.07) is 7.78. The predicted molar refractivity (Wildman–Crippen MR) is 81.5 cm³/mol. The van der Waals surface area contributed by atoms with Crippen LogP contribution in [0.2, 0.25) is 5.02 Å². The Morgan fingerprint density at radius 1 is 1.15 bits per heavy atom. The molecule has 2 rings (SSSR count). The monoisotopic (exact) mass is 296 g/mol. The van der Waals surface area contributed by atoms with Crippen LogP contribution in [-0.4, -0.2) is 42.8 Å². The van der Waals surface area contributed by atoms with Crippen molar-refractivity contribution in [3.8, 4) is 0 Å². The van der Waals surface area contributed by atoms with Crippen LogP contribution in [0.25, 0.3) is 0 Å². The van der Waals surface area contributed by atoms with Crippen LogP contribution >= 0.6 is 11.6 Å². The maximum Gasteiger partial charge on any atom is 0.410 e. The number of anilines is 1. The molecule has 0 radical (unpaired) electrons. The topological polar surface area (TPSA) is 32.8 Å². The van der Waals surface area contributed by atoms with Gasteiger partial charge in [-0.1, -0.05) is 23.7 Å². The lowest BCUT2D eigenvalue weighted by Crippen LogP contribution is -2.50. The molecule has 4 nitrogen and oxygen atoms in total. The lowest BCUT2D eigenvalue weighted by atomic mass is 10.2. The maximum absolute atomic E-state index is 12.0. The maximum atomic E-state index is 12.0. The Labute approximate surface area is 125 Å². The van der Waals surface area contributed by atoms with Crippen molar-refractivity contribution in [3.05, 3.63) is 29.3 Å². The van der Waals surface area contributed by atoms with E-state index in [-0.39, 0.29) is 6.09 Å². The average Bonchev–Trinajstić information content (AvgIpc) is 2.37. The number of hydrogen-bond donors (Lipinski definition) is 0. The molecule has 0 aromatic heterocycles. The Morgan fingerprint density at radius 3 is 2.30 bits per heavy atom. The molecule has 0 aliphatic carbocycles. The van der Waals surface area contributed by atoms with Gasteiger partial charge in [0.25, 0.3) is 0 Å². The number of para-hydroxylation sites is 1. The van der Waals surface area contributed by atoms with Crippen molar-refractivity contribution >= 4 is 23.4 Å². The van der Waals surface area contributed by atoms with Gasteiger partial charge in [0, 0.05) is 26.2 Å². The number of carbonyl (C=O) groups excluding carboxylic acids is 1. The van der Waals surface area contributed by atoms with Gasteiger partial charge in [-0.2, -0.15) is 0 Å². The quantitative estimate of drug-likeness (QED) is 0.796. The number of hydrogen-bond acceptors (Lipinski definition) is 3. The summed E-state index contributed by atoms with van der Waals surface area (Å²) in [6.45, 7) is 8.48. The Morgan fingerprint density at radius 2 is 1.75 bits per heavy atom. The van der Waals surface area contributed by atoms with Gasteiger partial charge in [0.05, 0.1) is 10.7 Å². The highest BCUT2D eigenvalue weighted by molar-refractivity contribution is 6.33. The third-order valence-corrected chi connectivity index (χ3v) is 3.44. The summed E-state index contributed by atoms with van der Waals surface area (Å²) in [5.41, 5.74) is 0.578. The molecule has 0 N–H and O–H groups in total. The fraction of sp³-hybridized carbons (Fsp3) is 0.533. The normalized spacial score (nSPS) is 16.2. The van der Waals surface area contributed by atoms with Gasteiger partial charge >= 0.3 is 6.09 Å². The van der Waals surface area contributed by atoms with E-state index in [0.29, 0.717) is 13.1 Å². The first-order valence-electron chi connectivity index (χ1n) is 6.84. The van der Waals surface area contributed by atoms with Crippen LogP contribution < -0.4 is 4.90 Å². The van der Waals surface area contributed by atoms with Crippen molar-refractivity contribution in [1.82, 2.24) is 4.90 Å². The van der Waals surface area contributed by atoms with E-state index in [1.807, 2.05) is 45.0 Å². The van der Waals surface area contributed by atoms with E-state index in [1.54, 1.807) is 4.90 Å². The summed E-state index contributed by atoms with van der Waals surface area (Å²) >= 11 is 6.20. The Bertz CT molecular complexity index is 477. The number of rotatable bonds is 1. The molecule has 1 fully saturated rings. The van der Waals surface area contributed by atoms with Crippen LogP contribution in [0.1, 0.15) is 20.8 Å². The van der Waals surface area contributed by atoms with Crippen LogP contribution in [0, 0.1) is 0 Å². The molecule has 1 aliphatic rings. The minimum absolute atomic E-state index is 0.240. The summed E-state index contributed by atoms with van der Waals surface area (Å²) in [5, 5.41) is 0.748. The molecule has 1 aromatic rings. The molecule has 0 unspecified atom stereocenters. The van der Waals surface area contributed by atoms with Crippen molar-refractivity contribution < 1.29 is 9.53 Å². The molecular formula is C15H21ClN2O2. The zero-order valence-electron chi connectivity index (χ0n) is 12.2. The molecular weight excluding hydrogens is 276 g/mol. The first kappa shape index (κ1) is 15.0. The second-order valence-corrected chi connectivity index (χ2v) is 6.31. The van der Waals surface area contributed by atoms with Crippen molar-refractivity contribution in [2.45, 2.75) is 26.4 Å². The molecule has 0 spiro atoms. The number of nitrogens with zero attached hydrogens (tertiary/aromatic N) is 2. The molecule has 1 heterocycles. The van der Waals surface area contributed by atoms with Crippen LogP contribution in [0.4, 0.5) is 10.5 Å². The van der Waals surface area contributed by atoms with Crippen molar-refractivity contribution in [2.75, 3.05) is 31.1 Å². The van der Waals surface area contributed by atoms with Gasteiger partial charge in [0.1, 0.15) is 5.60 Å². The number of carbonyl (C=O) groups is 1. The van der Waals surface area contributed by atoms with Crippen molar-refractivity contribution in [3.63, 3.8) is 0 Å². The zero-order chi connectivity index (χ0) is 14.8. The molecule has 1 amide bonds. The van der Waals surface area contributed by atoms with Crippen LogP contribution in [0.5, 0.6) is 0 Å². The fourth-order valence-corrected chi connectivity index (χ4v) is 2.42. The van der Waals surface area contributed by atoms with Gasteiger partial charge in [-0.15, -0.1) is 0 Å². The Hall–Kier alpha value is -1.42. The second kappa shape index (κ2) is 5.92. The first-order chi connectivity index (χ1) is 9.37. The molecule has 1 saturated heterocycles. The molecule has 1 aliphatic heterocycles. The van der Waals surface area contributed by atoms with Gasteiger partial charge in [0.2, 0.25) is 0 Å². The summed E-state index contributed by atoms with van der Waals surface area (Å²) in [5.74, 6) is 0. The smallest absolute Gasteiger partial charge is 0.410 e. The van der Waals surface area contributed by atoms with Gasteiger partial charge in [0.15, 0.2) is 0 Å². The van der Waals surface area contributed by atoms with Crippen LogP contribution in [-0.2, 0) is 4.74 Å². The third-order valence-electron chi connectivity index (χ3n) is 3.12. The minimum atomic E-state index is -0.447. The third kappa shape index (κ3) is 3.79. The molecule has 0 bridgehead atoms. The minimum Gasteiger partial charge on any atom is -0.444 e. The standard InChI is InChI=1S/C15H21ClN2O2/c1-15(2,3)20-14(19)18-10-8-17(9-11-18)13-7-5-4-6-12(13)16/h4-7H,8-11H2,1-3H3. The van der Waals surface area contributed by atoms with E-state index in [1.165, 1.54) is 0 Å². The molecule has 20 heavy (non-hydrogen) atoms. The number of ether oxygens (including phenoxy) is 1. The van der Waals surface area contributed by atoms with E-state index in [4.69, 9.17) is 16.3 Å². The Kier molecular flexibility index (Phi) is 4.43. The van der Waals surface area contributed by atoms with E-state index < -0.39 is 5.60 Å². The fourth-order valence-electron chi connectivity index (χ4n) is 2.16. The van der Waals surface area contributed by atoms with E-state index in [0.717, 1.165) is 23.8 Å². The van der Waals surface area contributed by atoms with Gasteiger partial charge in [-0.3, -0.25) is 0 Å². The zero-order valence-corrected chi connectivity index (χ0v) is 13.0. The number of piperazine rings is 1. The average molecular weight is 297 g/mol. The highest BCUT2D eigenvalue weighted by atomic mass is 35.5. The number of halogens is 1. The summed E-state index contributed by atoms with van der Waals surface area (Å²) < 4.78 is 5.38. The summed E-state index contributed by atoms with van der Waals surface area (Å²) in [6.07, 6.45) is -0.240. The first-order valence-corrected chi connectivity index (χ1v) is 7.22. The second-order valence-electron chi connectivity index (χ2n) is 5.91. The largest absolute Gasteiger partial charge is 0.444 e. The summed E-state index contributed by atoms with van der Waals surface area (Å²) in [7, 11) is 0. The van der Waals surface area contributed by atoms with Gasteiger partial charge in [-0.25, -0.2) is 4.79 Å². The molecule has 5 heteroatoms. The number of benzene rings is 1. The number of amides is 1.